The first kappa shape index (κ1) is 17.8. The van der Waals surface area contributed by atoms with E-state index in [1.165, 1.54) is 11.8 Å². The second-order valence-electron chi connectivity index (χ2n) is 6.97. The Morgan fingerprint density at radius 1 is 1.38 bits per heavy atom. The Morgan fingerprint density at radius 2 is 2.19 bits per heavy atom. The lowest BCUT2D eigenvalue weighted by Crippen LogP contribution is -2.43. The van der Waals surface area contributed by atoms with Crippen LogP contribution in [-0.2, 0) is 4.74 Å². The summed E-state index contributed by atoms with van der Waals surface area (Å²) in [6.07, 6.45) is 5.60. The van der Waals surface area contributed by atoms with Crippen LogP contribution in [0.4, 0.5) is 11.6 Å². The van der Waals surface area contributed by atoms with E-state index in [2.05, 4.69) is 32.0 Å². The Morgan fingerprint density at radius 3 is 2.85 bits per heavy atom. The van der Waals surface area contributed by atoms with E-state index in [-0.39, 0.29) is 0 Å². The predicted octanol–water partition coefficient (Wildman–Crippen LogP) is 2.91. The van der Waals surface area contributed by atoms with Crippen LogP contribution in [0.5, 0.6) is 0 Å². The molecule has 0 aliphatic carbocycles. The van der Waals surface area contributed by atoms with Crippen LogP contribution in [0.15, 0.2) is 28.4 Å². The molecule has 2 aliphatic heterocycles. The summed E-state index contributed by atoms with van der Waals surface area (Å²) in [4.78, 5) is 12.1. The van der Waals surface area contributed by atoms with Gasteiger partial charge in [0.2, 0.25) is 0 Å². The fourth-order valence-electron chi connectivity index (χ4n) is 3.67. The molecule has 0 unspecified atom stereocenters. The number of rotatable bonds is 3. The summed E-state index contributed by atoms with van der Waals surface area (Å²) in [6, 6.07) is 1.78. The third-order valence-corrected chi connectivity index (χ3v) is 6.93. The van der Waals surface area contributed by atoms with Crippen molar-refractivity contribution in [1.82, 2.24) is 20.2 Å². The van der Waals surface area contributed by atoms with Gasteiger partial charge in [-0.3, -0.25) is 0 Å². The van der Waals surface area contributed by atoms with E-state index in [4.69, 9.17) is 22.1 Å². The minimum atomic E-state index is 0.330. The summed E-state index contributed by atoms with van der Waals surface area (Å²) >= 11 is 7.39. The van der Waals surface area contributed by atoms with Crippen molar-refractivity contribution in [1.29, 1.82) is 0 Å². The highest BCUT2D eigenvalue weighted by Gasteiger charge is 2.43. The Hall–Kier alpha value is -1.64. The van der Waals surface area contributed by atoms with E-state index in [0.717, 1.165) is 49.9 Å². The number of piperidine rings is 1. The molecule has 2 aromatic heterocycles. The Balaban J connectivity index is 1.46. The topological polar surface area (TPSA) is 90.0 Å². The summed E-state index contributed by atoms with van der Waals surface area (Å²) in [6.45, 7) is 5.96. The standard InChI is InChI=1S/C17H21ClN6OS/c1-11-9-25-10-17(11)3-6-24(7-4-17)13-8-20-16(15(19)22-13)26-12-2-5-21-23-14(12)18/h2,5,8,11H,3-4,6-7,9-10H2,1H3,(H2,19,22)/t11-/m1/s1. The van der Waals surface area contributed by atoms with Gasteiger partial charge in [-0.1, -0.05) is 30.3 Å². The summed E-state index contributed by atoms with van der Waals surface area (Å²) in [5, 5.41) is 8.52. The second-order valence-corrected chi connectivity index (χ2v) is 8.36. The zero-order chi connectivity index (χ0) is 18.1. The predicted molar refractivity (Wildman–Crippen MR) is 101 cm³/mol. The van der Waals surface area contributed by atoms with Gasteiger partial charge in [-0.15, -0.1) is 5.10 Å². The smallest absolute Gasteiger partial charge is 0.165 e. The molecule has 26 heavy (non-hydrogen) atoms. The van der Waals surface area contributed by atoms with Crippen molar-refractivity contribution in [2.45, 2.75) is 29.7 Å². The molecule has 2 saturated heterocycles. The number of hydrogen-bond donors (Lipinski definition) is 1. The third-order valence-electron chi connectivity index (χ3n) is 5.49. The summed E-state index contributed by atoms with van der Waals surface area (Å²) in [5.74, 6) is 1.85. The lowest BCUT2D eigenvalue weighted by atomic mass is 9.72. The molecule has 2 aromatic rings. The molecule has 0 amide bonds. The van der Waals surface area contributed by atoms with Crippen molar-refractivity contribution in [3.05, 3.63) is 23.6 Å². The second kappa shape index (κ2) is 7.17. The van der Waals surface area contributed by atoms with Crippen LogP contribution in [-0.4, -0.2) is 46.5 Å². The van der Waals surface area contributed by atoms with Gasteiger partial charge in [-0.05, 0) is 24.8 Å². The van der Waals surface area contributed by atoms with Gasteiger partial charge in [-0.25, -0.2) is 9.97 Å². The highest BCUT2D eigenvalue weighted by Crippen LogP contribution is 2.44. The largest absolute Gasteiger partial charge is 0.381 e. The van der Waals surface area contributed by atoms with Crippen LogP contribution in [0.2, 0.25) is 5.15 Å². The van der Waals surface area contributed by atoms with Crippen LogP contribution in [0, 0.1) is 11.3 Å². The average molecular weight is 393 g/mol. The van der Waals surface area contributed by atoms with Crippen molar-refractivity contribution in [3.8, 4) is 0 Å². The SMILES string of the molecule is C[C@@H]1COCC12CCN(c1cnc(Sc3ccnnc3Cl)c(N)n1)CC2. The third kappa shape index (κ3) is 3.33. The lowest BCUT2D eigenvalue weighted by molar-refractivity contribution is 0.127. The van der Waals surface area contributed by atoms with Crippen molar-refractivity contribution in [2.75, 3.05) is 36.9 Å². The fraction of sp³-hybridized carbons (Fsp3) is 0.529. The molecule has 0 bridgehead atoms. The quantitative estimate of drug-likeness (QED) is 0.852. The van der Waals surface area contributed by atoms with Crippen molar-refractivity contribution in [3.63, 3.8) is 0 Å². The molecule has 4 rings (SSSR count). The van der Waals surface area contributed by atoms with Gasteiger partial charge in [0.1, 0.15) is 10.8 Å². The Kier molecular flexibility index (Phi) is 4.90. The molecular weight excluding hydrogens is 372 g/mol. The van der Waals surface area contributed by atoms with Gasteiger partial charge in [0, 0.05) is 25.1 Å². The average Bonchev–Trinajstić information content (AvgIpc) is 2.99. The lowest BCUT2D eigenvalue weighted by Gasteiger charge is -2.41. The van der Waals surface area contributed by atoms with Crippen molar-refractivity contribution >= 4 is 35.0 Å². The molecule has 2 N–H and O–H groups in total. The molecule has 7 nitrogen and oxygen atoms in total. The zero-order valence-electron chi connectivity index (χ0n) is 14.6. The maximum atomic E-state index is 6.14. The van der Waals surface area contributed by atoms with E-state index >= 15 is 0 Å². The van der Waals surface area contributed by atoms with Gasteiger partial charge in [0.15, 0.2) is 11.0 Å². The first-order valence-electron chi connectivity index (χ1n) is 8.68. The fourth-order valence-corrected chi connectivity index (χ4v) is 4.61. The van der Waals surface area contributed by atoms with Crippen molar-refractivity contribution < 1.29 is 4.74 Å². The van der Waals surface area contributed by atoms with Gasteiger partial charge in [0.25, 0.3) is 0 Å². The van der Waals surface area contributed by atoms with E-state index in [9.17, 15) is 0 Å². The summed E-state index contributed by atoms with van der Waals surface area (Å²) < 4.78 is 5.70. The van der Waals surface area contributed by atoms with Gasteiger partial charge in [0.05, 0.1) is 23.9 Å². The molecule has 0 radical (unpaired) electrons. The number of anilines is 2. The molecule has 4 heterocycles. The molecule has 2 fully saturated rings. The summed E-state index contributed by atoms with van der Waals surface area (Å²) in [7, 11) is 0. The molecule has 138 valence electrons. The molecule has 2 aliphatic rings. The van der Waals surface area contributed by atoms with Crippen LogP contribution >= 0.6 is 23.4 Å². The van der Waals surface area contributed by atoms with Gasteiger partial charge in [-0.2, -0.15) is 5.10 Å². The maximum absolute atomic E-state index is 6.14. The normalized spacial score (nSPS) is 22.1. The highest BCUT2D eigenvalue weighted by molar-refractivity contribution is 7.99. The van der Waals surface area contributed by atoms with Gasteiger partial charge < -0.3 is 15.4 Å². The number of nitrogen functional groups attached to an aromatic ring is 1. The Bertz CT molecular complexity index is 799. The van der Waals surface area contributed by atoms with E-state index in [1.807, 2.05) is 0 Å². The number of nitrogens with two attached hydrogens (primary N) is 1. The van der Waals surface area contributed by atoms with E-state index in [1.54, 1.807) is 18.5 Å². The molecular formula is C17H21ClN6OS. The maximum Gasteiger partial charge on any atom is 0.165 e. The number of nitrogens with zero attached hydrogens (tertiary/aromatic N) is 5. The minimum Gasteiger partial charge on any atom is -0.381 e. The number of ether oxygens (including phenoxy) is 1. The first-order valence-corrected chi connectivity index (χ1v) is 9.87. The number of halogens is 1. The zero-order valence-corrected chi connectivity index (χ0v) is 16.1. The number of aromatic nitrogens is 4. The van der Waals surface area contributed by atoms with Crippen LogP contribution < -0.4 is 10.6 Å². The molecule has 0 saturated carbocycles. The first-order chi connectivity index (χ1) is 12.6. The molecule has 1 atom stereocenters. The molecule has 0 aromatic carbocycles. The number of hydrogen-bond acceptors (Lipinski definition) is 8. The van der Waals surface area contributed by atoms with E-state index in [0.29, 0.717) is 27.3 Å². The van der Waals surface area contributed by atoms with Crippen LogP contribution in [0.3, 0.4) is 0 Å². The van der Waals surface area contributed by atoms with Crippen molar-refractivity contribution in [2.24, 2.45) is 11.3 Å². The summed E-state index contributed by atoms with van der Waals surface area (Å²) in [5.41, 5.74) is 6.47. The highest BCUT2D eigenvalue weighted by atomic mass is 35.5. The molecule has 1 spiro atoms. The minimum absolute atomic E-state index is 0.330. The monoisotopic (exact) mass is 392 g/mol. The van der Waals surface area contributed by atoms with Gasteiger partial charge >= 0.3 is 0 Å². The van der Waals surface area contributed by atoms with Crippen LogP contribution in [0.1, 0.15) is 19.8 Å². The van der Waals surface area contributed by atoms with Crippen LogP contribution in [0.25, 0.3) is 0 Å². The van der Waals surface area contributed by atoms with E-state index < -0.39 is 0 Å². The molecule has 9 heteroatoms. The Labute approximate surface area is 161 Å².